The van der Waals surface area contributed by atoms with Crippen LogP contribution in [0.5, 0.6) is 0 Å². The zero-order valence-electron chi connectivity index (χ0n) is 11.3. The molecule has 0 aliphatic rings. The average Bonchev–Trinajstić information content (AvgIpc) is 2.92. The number of hydrogen-bond acceptors (Lipinski definition) is 2. The molecule has 0 aliphatic heterocycles. The Balaban J connectivity index is 2.03. The van der Waals surface area contributed by atoms with Crippen LogP contribution in [0.4, 0.5) is 13.2 Å². The van der Waals surface area contributed by atoms with E-state index >= 15 is 0 Å². The van der Waals surface area contributed by atoms with Crippen LogP contribution < -0.4 is 5.32 Å². The lowest BCUT2D eigenvalue weighted by Gasteiger charge is -2.08. The van der Waals surface area contributed by atoms with Crippen LogP contribution in [-0.2, 0) is 19.3 Å². The van der Waals surface area contributed by atoms with E-state index in [1.54, 1.807) is 17.1 Å². The largest absolute Gasteiger partial charge is 0.416 e. The monoisotopic (exact) mass is 297 g/mol. The Morgan fingerprint density at radius 1 is 1.38 bits per heavy atom. The van der Waals surface area contributed by atoms with Crippen LogP contribution in [0.3, 0.4) is 0 Å². The van der Waals surface area contributed by atoms with Gasteiger partial charge in [-0.25, -0.2) is 0 Å². The third-order valence-corrected chi connectivity index (χ3v) is 2.92. The Morgan fingerprint density at radius 3 is 2.76 bits per heavy atom. The molecule has 112 valence electrons. The van der Waals surface area contributed by atoms with Crippen LogP contribution in [0.15, 0.2) is 36.7 Å². The van der Waals surface area contributed by atoms with Crippen molar-refractivity contribution < 1.29 is 18.0 Å². The topological polar surface area (TPSA) is 46.9 Å². The maximum absolute atomic E-state index is 12.6. The first-order chi connectivity index (χ1) is 9.90. The SMILES string of the molecule is CCn1cc(CNC(=O)c2cccc(C(F)(F)F)c2)cn1. The van der Waals surface area contributed by atoms with Crippen molar-refractivity contribution in [3.8, 4) is 0 Å². The fourth-order valence-electron chi connectivity index (χ4n) is 1.79. The summed E-state index contributed by atoms with van der Waals surface area (Å²) in [6.07, 6.45) is -1.08. The number of alkyl halides is 3. The molecule has 2 rings (SSSR count). The van der Waals surface area contributed by atoms with Crippen molar-refractivity contribution in [1.82, 2.24) is 15.1 Å². The molecule has 2 aromatic rings. The van der Waals surface area contributed by atoms with Gasteiger partial charge in [-0.15, -0.1) is 0 Å². The van der Waals surface area contributed by atoms with Crippen LogP contribution in [0.2, 0.25) is 0 Å². The first-order valence-corrected chi connectivity index (χ1v) is 6.37. The van der Waals surface area contributed by atoms with Crippen molar-refractivity contribution in [2.24, 2.45) is 0 Å². The molecule has 1 N–H and O–H groups in total. The Kier molecular flexibility index (Phi) is 4.30. The summed E-state index contributed by atoms with van der Waals surface area (Å²) in [5.74, 6) is -0.551. The Hall–Kier alpha value is -2.31. The summed E-state index contributed by atoms with van der Waals surface area (Å²) in [6.45, 7) is 2.86. The minimum absolute atomic E-state index is 0.0206. The molecule has 4 nitrogen and oxygen atoms in total. The van der Waals surface area contributed by atoms with E-state index in [1.165, 1.54) is 12.1 Å². The van der Waals surface area contributed by atoms with Gasteiger partial charge in [0.1, 0.15) is 0 Å². The van der Waals surface area contributed by atoms with E-state index in [1.807, 2.05) is 6.92 Å². The molecule has 0 bridgehead atoms. The standard InChI is InChI=1S/C14H14F3N3O/c1-2-20-9-10(8-19-20)7-18-13(21)11-4-3-5-12(6-11)14(15,16)17/h3-6,8-9H,2,7H2,1H3,(H,18,21). The number of benzene rings is 1. The molecular formula is C14H14F3N3O. The van der Waals surface area contributed by atoms with Crippen molar-refractivity contribution in [2.75, 3.05) is 0 Å². The minimum atomic E-state index is -4.46. The third kappa shape index (κ3) is 3.84. The average molecular weight is 297 g/mol. The van der Waals surface area contributed by atoms with Crippen molar-refractivity contribution in [3.63, 3.8) is 0 Å². The van der Waals surface area contributed by atoms with Crippen molar-refractivity contribution in [3.05, 3.63) is 53.3 Å². The van der Waals surface area contributed by atoms with E-state index in [9.17, 15) is 18.0 Å². The van der Waals surface area contributed by atoms with Crippen LogP contribution in [0.25, 0.3) is 0 Å². The Bertz CT molecular complexity index is 634. The molecule has 1 amide bonds. The summed E-state index contributed by atoms with van der Waals surface area (Å²) in [7, 11) is 0. The van der Waals surface area contributed by atoms with Crippen molar-refractivity contribution in [1.29, 1.82) is 0 Å². The van der Waals surface area contributed by atoms with Crippen LogP contribution in [-0.4, -0.2) is 15.7 Å². The van der Waals surface area contributed by atoms with E-state index in [-0.39, 0.29) is 12.1 Å². The molecule has 7 heteroatoms. The second-order valence-corrected chi connectivity index (χ2v) is 4.47. The lowest BCUT2D eigenvalue weighted by molar-refractivity contribution is -0.137. The highest BCUT2D eigenvalue weighted by molar-refractivity contribution is 5.94. The van der Waals surface area contributed by atoms with Gasteiger partial charge in [-0.2, -0.15) is 18.3 Å². The van der Waals surface area contributed by atoms with Gasteiger partial charge in [0.2, 0.25) is 0 Å². The van der Waals surface area contributed by atoms with Gasteiger partial charge < -0.3 is 5.32 Å². The maximum Gasteiger partial charge on any atom is 0.416 e. The number of nitrogens with zero attached hydrogens (tertiary/aromatic N) is 2. The molecule has 0 unspecified atom stereocenters. The second-order valence-electron chi connectivity index (χ2n) is 4.47. The number of rotatable bonds is 4. The zero-order chi connectivity index (χ0) is 15.5. The van der Waals surface area contributed by atoms with Crippen molar-refractivity contribution >= 4 is 5.91 Å². The van der Waals surface area contributed by atoms with Crippen molar-refractivity contribution in [2.45, 2.75) is 26.2 Å². The summed E-state index contributed by atoms with van der Waals surface area (Å²) in [5, 5.41) is 6.62. The summed E-state index contributed by atoms with van der Waals surface area (Å²) < 4.78 is 39.4. The molecular weight excluding hydrogens is 283 g/mol. The minimum Gasteiger partial charge on any atom is -0.348 e. The maximum atomic E-state index is 12.6. The Morgan fingerprint density at radius 2 is 2.14 bits per heavy atom. The smallest absolute Gasteiger partial charge is 0.348 e. The number of nitrogens with one attached hydrogen (secondary N) is 1. The van der Waals surface area contributed by atoms with E-state index < -0.39 is 17.6 Å². The van der Waals surface area contributed by atoms with Gasteiger partial charge in [0, 0.05) is 30.4 Å². The van der Waals surface area contributed by atoms with E-state index in [4.69, 9.17) is 0 Å². The predicted molar refractivity (Wildman–Crippen MR) is 70.5 cm³/mol. The van der Waals surface area contributed by atoms with Crippen LogP contribution in [0, 0.1) is 0 Å². The lowest BCUT2D eigenvalue weighted by Crippen LogP contribution is -2.23. The van der Waals surface area contributed by atoms with Gasteiger partial charge in [0.05, 0.1) is 11.8 Å². The van der Waals surface area contributed by atoms with E-state index in [2.05, 4.69) is 10.4 Å². The van der Waals surface area contributed by atoms with Gasteiger partial charge in [-0.1, -0.05) is 6.07 Å². The molecule has 0 spiro atoms. The molecule has 0 atom stereocenters. The molecule has 0 fully saturated rings. The molecule has 0 saturated carbocycles. The normalized spacial score (nSPS) is 11.4. The highest BCUT2D eigenvalue weighted by Gasteiger charge is 2.30. The highest BCUT2D eigenvalue weighted by Crippen LogP contribution is 2.29. The van der Waals surface area contributed by atoms with E-state index in [0.29, 0.717) is 6.54 Å². The molecule has 0 saturated heterocycles. The van der Waals surface area contributed by atoms with Gasteiger partial charge in [-0.05, 0) is 25.1 Å². The van der Waals surface area contributed by atoms with Gasteiger partial charge in [-0.3, -0.25) is 9.48 Å². The summed E-state index contributed by atoms with van der Waals surface area (Å²) in [4.78, 5) is 11.9. The first-order valence-electron chi connectivity index (χ1n) is 6.37. The van der Waals surface area contributed by atoms with Gasteiger partial charge >= 0.3 is 6.18 Å². The summed E-state index contributed by atoms with van der Waals surface area (Å²) in [5.41, 5.74) is -0.0705. The number of hydrogen-bond donors (Lipinski definition) is 1. The van der Waals surface area contributed by atoms with Gasteiger partial charge in [0.15, 0.2) is 0 Å². The molecule has 1 aromatic carbocycles. The quantitative estimate of drug-likeness (QED) is 0.943. The highest BCUT2D eigenvalue weighted by atomic mass is 19.4. The first kappa shape index (κ1) is 15.1. The van der Waals surface area contributed by atoms with E-state index in [0.717, 1.165) is 17.7 Å². The second kappa shape index (κ2) is 5.99. The Labute approximate surface area is 119 Å². The molecule has 1 heterocycles. The molecule has 0 radical (unpaired) electrons. The predicted octanol–water partition coefficient (Wildman–Crippen LogP) is 2.85. The number of halogens is 3. The molecule has 0 aliphatic carbocycles. The summed E-state index contributed by atoms with van der Waals surface area (Å²) >= 11 is 0. The summed E-state index contributed by atoms with van der Waals surface area (Å²) in [6, 6.07) is 4.33. The number of carbonyl (C=O) groups is 1. The number of aromatic nitrogens is 2. The van der Waals surface area contributed by atoms with Crippen LogP contribution >= 0.6 is 0 Å². The fourth-order valence-corrected chi connectivity index (χ4v) is 1.79. The number of amides is 1. The zero-order valence-corrected chi connectivity index (χ0v) is 11.3. The number of carbonyl (C=O) groups excluding carboxylic acids is 1. The fraction of sp³-hybridized carbons (Fsp3) is 0.286. The molecule has 21 heavy (non-hydrogen) atoms. The van der Waals surface area contributed by atoms with Crippen LogP contribution in [0.1, 0.15) is 28.4 Å². The number of aryl methyl sites for hydroxylation is 1. The van der Waals surface area contributed by atoms with Gasteiger partial charge in [0.25, 0.3) is 5.91 Å². The third-order valence-electron chi connectivity index (χ3n) is 2.92. The molecule has 1 aromatic heterocycles. The lowest BCUT2D eigenvalue weighted by atomic mass is 10.1.